The highest BCUT2D eigenvalue weighted by Crippen LogP contribution is 2.23. The quantitative estimate of drug-likeness (QED) is 0.473. The number of benzene rings is 1. The van der Waals surface area contributed by atoms with Gasteiger partial charge in [0.25, 0.3) is 11.4 Å². The molecule has 0 atom stereocenters. The fourth-order valence-electron chi connectivity index (χ4n) is 1.05. The average Bonchev–Trinajstić information content (AvgIpc) is 2.38. The molecule has 0 unspecified atom stereocenters. The fourth-order valence-corrected chi connectivity index (χ4v) is 1.05. The van der Waals surface area contributed by atoms with Gasteiger partial charge in [0.1, 0.15) is 0 Å². The van der Waals surface area contributed by atoms with E-state index in [1.165, 1.54) is 26.2 Å². The van der Waals surface area contributed by atoms with E-state index in [4.69, 9.17) is 0 Å². The van der Waals surface area contributed by atoms with Crippen molar-refractivity contribution in [2.75, 3.05) is 7.11 Å². The predicted molar refractivity (Wildman–Crippen MR) is 66.8 cm³/mol. The van der Waals surface area contributed by atoms with Crippen molar-refractivity contribution < 1.29 is 19.4 Å². The molecule has 0 N–H and O–H groups in total. The van der Waals surface area contributed by atoms with Crippen LogP contribution in [0.3, 0.4) is 0 Å². The van der Waals surface area contributed by atoms with E-state index in [2.05, 4.69) is 4.74 Å². The van der Waals surface area contributed by atoms with E-state index in [0.717, 1.165) is 6.07 Å². The minimum atomic E-state index is -0.660. The summed E-state index contributed by atoms with van der Waals surface area (Å²) in [5, 5.41) is 20.6. The Labute approximate surface area is 109 Å². The first-order valence-electron chi connectivity index (χ1n) is 5.29. The Hall–Kier alpha value is -2.51. The third kappa shape index (κ3) is 5.57. The van der Waals surface area contributed by atoms with Gasteiger partial charge < -0.3 is 4.74 Å². The lowest BCUT2D eigenvalue weighted by Gasteiger charge is -1.95. The number of non-ortho nitro benzene ring substituents is 1. The number of nitro benzene ring substituents is 2. The number of nitro groups is 2. The van der Waals surface area contributed by atoms with E-state index in [0.29, 0.717) is 12.0 Å². The summed E-state index contributed by atoms with van der Waals surface area (Å²) in [6, 6.07) is 3.55. The van der Waals surface area contributed by atoms with Crippen LogP contribution in [0.4, 0.5) is 11.4 Å². The molecule has 1 aromatic carbocycles. The van der Waals surface area contributed by atoms with E-state index in [-0.39, 0.29) is 17.3 Å². The van der Waals surface area contributed by atoms with Gasteiger partial charge in [0.05, 0.1) is 23.0 Å². The lowest BCUT2D eigenvalue weighted by Crippen LogP contribution is -1.94. The standard InChI is InChI=1S/C7H6N2O4.C4H8O2/c1-5-2-3-6(8(10)11)4-7(5)9(12)13;1-3-4(5)6-2/h2-4H,1H3;3H2,1-2H3. The molecule has 0 bridgehead atoms. The molecular weight excluding hydrogens is 256 g/mol. The highest BCUT2D eigenvalue weighted by molar-refractivity contribution is 5.68. The van der Waals surface area contributed by atoms with Crippen LogP contribution in [-0.4, -0.2) is 22.9 Å². The van der Waals surface area contributed by atoms with Gasteiger partial charge in [-0.05, 0) is 13.0 Å². The molecule has 0 aliphatic rings. The lowest BCUT2D eigenvalue weighted by atomic mass is 10.2. The number of carbonyl (C=O) groups is 1. The Morgan fingerprint density at radius 3 is 2.16 bits per heavy atom. The maximum atomic E-state index is 10.4. The van der Waals surface area contributed by atoms with Gasteiger partial charge in [-0.1, -0.05) is 6.92 Å². The molecule has 0 aromatic heterocycles. The Kier molecular flexibility index (Phi) is 6.72. The highest BCUT2D eigenvalue weighted by Gasteiger charge is 2.15. The zero-order valence-electron chi connectivity index (χ0n) is 10.8. The van der Waals surface area contributed by atoms with Gasteiger partial charge >= 0.3 is 5.97 Å². The number of aryl methyl sites for hydroxylation is 1. The molecule has 0 aliphatic carbocycles. The zero-order chi connectivity index (χ0) is 15.0. The van der Waals surface area contributed by atoms with E-state index in [9.17, 15) is 25.0 Å². The van der Waals surface area contributed by atoms with Crippen molar-refractivity contribution in [2.24, 2.45) is 0 Å². The van der Waals surface area contributed by atoms with Gasteiger partial charge in [0.2, 0.25) is 0 Å². The van der Waals surface area contributed by atoms with Crippen LogP contribution in [0.25, 0.3) is 0 Å². The van der Waals surface area contributed by atoms with Gasteiger partial charge in [-0.2, -0.15) is 0 Å². The van der Waals surface area contributed by atoms with E-state index < -0.39 is 9.85 Å². The SMILES string of the molecule is CCC(=O)OC.Cc1ccc([N+](=O)[O-])cc1[N+](=O)[O-]. The minimum Gasteiger partial charge on any atom is -0.469 e. The van der Waals surface area contributed by atoms with Gasteiger partial charge in [-0.25, -0.2) is 0 Å². The Morgan fingerprint density at radius 2 is 1.84 bits per heavy atom. The zero-order valence-corrected chi connectivity index (χ0v) is 10.8. The predicted octanol–water partition coefficient (Wildman–Crippen LogP) is 2.38. The van der Waals surface area contributed by atoms with Crippen LogP contribution in [0.2, 0.25) is 0 Å². The molecular formula is C11H14N2O6. The summed E-state index contributed by atoms with van der Waals surface area (Å²) >= 11 is 0. The molecule has 0 saturated heterocycles. The summed E-state index contributed by atoms with van der Waals surface area (Å²) in [6.07, 6.45) is 0.469. The second-order valence-electron chi connectivity index (χ2n) is 3.41. The third-order valence-electron chi connectivity index (χ3n) is 2.12. The van der Waals surface area contributed by atoms with Crippen molar-refractivity contribution in [1.82, 2.24) is 0 Å². The Bertz CT molecular complexity index is 480. The molecule has 0 fully saturated rings. The number of nitrogens with zero attached hydrogens (tertiary/aromatic N) is 2. The summed E-state index contributed by atoms with van der Waals surface area (Å²) in [4.78, 5) is 29.3. The number of hydrogen-bond acceptors (Lipinski definition) is 6. The van der Waals surface area contributed by atoms with E-state index >= 15 is 0 Å². The first-order chi connectivity index (χ1) is 8.83. The minimum absolute atomic E-state index is 0.157. The third-order valence-corrected chi connectivity index (χ3v) is 2.12. The summed E-state index contributed by atoms with van der Waals surface area (Å²) in [6.45, 7) is 3.29. The molecule has 0 radical (unpaired) electrons. The maximum absolute atomic E-state index is 10.4. The van der Waals surface area contributed by atoms with Gasteiger partial charge in [-0.15, -0.1) is 0 Å². The molecule has 1 rings (SSSR count). The van der Waals surface area contributed by atoms with Gasteiger partial charge in [0.15, 0.2) is 0 Å². The van der Waals surface area contributed by atoms with Crippen molar-refractivity contribution >= 4 is 17.3 Å². The topological polar surface area (TPSA) is 113 Å². The van der Waals surface area contributed by atoms with Gasteiger partial charge in [0, 0.05) is 18.1 Å². The van der Waals surface area contributed by atoms with Crippen molar-refractivity contribution in [1.29, 1.82) is 0 Å². The van der Waals surface area contributed by atoms with Crippen molar-refractivity contribution in [3.05, 3.63) is 44.0 Å². The van der Waals surface area contributed by atoms with E-state index in [1.54, 1.807) is 6.92 Å². The fraction of sp³-hybridized carbons (Fsp3) is 0.364. The summed E-state index contributed by atoms with van der Waals surface area (Å²) in [5.74, 6) is -0.157. The first-order valence-corrected chi connectivity index (χ1v) is 5.29. The lowest BCUT2D eigenvalue weighted by molar-refractivity contribution is -0.394. The smallest absolute Gasteiger partial charge is 0.305 e. The van der Waals surface area contributed by atoms with Crippen LogP contribution in [0.5, 0.6) is 0 Å². The Balaban J connectivity index is 0.000000459. The summed E-state index contributed by atoms with van der Waals surface area (Å²) in [7, 11) is 1.38. The molecule has 19 heavy (non-hydrogen) atoms. The molecule has 8 nitrogen and oxygen atoms in total. The highest BCUT2D eigenvalue weighted by atomic mass is 16.6. The van der Waals surface area contributed by atoms with Crippen LogP contribution in [-0.2, 0) is 9.53 Å². The number of rotatable bonds is 3. The number of carbonyl (C=O) groups excluding carboxylic acids is 1. The molecule has 0 spiro atoms. The average molecular weight is 270 g/mol. The van der Waals surface area contributed by atoms with Crippen LogP contribution >= 0.6 is 0 Å². The normalized spacial score (nSPS) is 9.00. The first kappa shape index (κ1) is 16.5. The van der Waals surface area contributed by atoms with Crippen molar-refractivity contribution in [3.63, 3.8) is 0 Å². The van der Waals surface area contributed by atoms with Crippen LogP contribution < -0.4 is 0 Å². The number of ether oxygens (including phenoxy) is 1. The summed E-state index contributed by atoms with van der Waals surface area (Å²) < 4.78 is 4.26. The molecule has 8 heteroatoms. The number of hydrogen-bond donors (Lipinski definition) is 0. The molecule has 0 amide bonds. The second kappa shape index (κ2) is 7.75. The Morgan fingerprint density at radius 1 is 1.26 bits per heavy atom. The van der Waals surface area contributed by atoms with Gasteiger partial charge in [-0.3, -0.25) is 25.0 Å². The second-order valence-corrected chi connectivity index (χ2v) is 3.41. The van der Waals surface area contributed by atoms with Crippen molar-refractivity contribution in [3.8, 4) is 0 Å². The van der Waals surface area contributed by atoms with Crippen molar-refractivity contribution in [2.45, 2.75) is 20.3 Å². The molecule has 0 saturated carbocycles. The molecule has 104 valence electrons. The maximum Gasteiger partial charge on any atom is 0.305 e. The molecule has 0 heterocycles. The molecule has 0 aliphatic heterocycles. The number of esters is 1. The van der Waals surface area contributed by atoms with Crippen LogP contribution in [0.1, 0.15) is 18.9 Å². The molecule has 1 aromatic rings. The van der Waals surface area contributed by atoms with Crippen LogP contribution in [0, 0.1) is 27.2 Å². The monoisotopic (exact) mass is 270 g/mol. The van der Waals surface area contributed by atoms with Crippen LogP contribution in [0.15, 0.2) is 18.2 Å². The number of methoxy groups -OCH3 is 1. The van der Waals surface area contributed by atoms with E-state index in [1.807, 2.05) is 0 Å². The largest absolute Gasteiger partial charge is 0.469 e. The summed E-state index contributed by atoms with van der Waals surface area (Å²) in [5.41, 5.74) is -0.0814.